The van der Waals surface area contributed by atoms with Crippen LogP contribution in [0.15, 0.2) is 53.6 Å². The van der Waals surface area contributed by atoms with E-state index in [9.17, 15) is 4.79 Å². The average molecular weight is 343 g/mol. The van der Waals surface area contributed by atoms with Gasteiger partial charge in [0.15, 0.2) is 0 Å². The fraction of sp³-hybridized carbons (Fsp3) is 0.368. The lowest BCUT2D eigenvalue weighted by atomic mass is 10.1. The van der Waals surface area contributed by atoms with E-state index in [0.29, 0.717) is 0 Å². The molecule has 0 saturated carbocycles. The third kappa shape index (κ3) is 5.89. The number of benzene rings is 1. The Morgan fingerprint density at radius 3 is 2.67 bits per heavy atom. The quantitative estimate of drug-likeness (QED) is 0.603. The molecule has 2 amide bonds. The number of aromatic nitrogens is 1. The molecule has 0 fully saturated rings. The van der Waals surface area contributed by atoms with Gasteiger partial charge in [-0.25, -0.2) is 4.79 Å². The predicted molar refractivity (Wildman–Crippen MR) is 100 cm³/mol. The summed E-state index contributed by atoms with van der Waals surface area (Å²) in [5.74, 6) is 0.999. The largest absolute Gasteiger partial charge is 0.331 e. The van der Waals surface area contributed by atoms with Crippen molar-refractivity contribution in [3.63, 3.8) is 0 Å². The number of hydrogen-bond donors (Lipinski definition) is 1. The van der Waals surface area contributed by atoms with Crippen LogP contribution < -0.4 is 5.32 Å². The molecule has 0 bridgehead atoms. The molecule has 128 valence electrons. The maximum Gasteiger partial charge on any atom is 0.317 e. The van der Waals surface area contributed by atoms with Gasteiger partial charge in [-0.3, -0.25) is 4.98 Å². The minimum absolute atomic E-state index is 0.0483. The Hall–Kier alpha value is -2.01. The van der Waals surface area contributed by atoms with Crippen LogP contribution in [-0.4, -0.2) is 35.3 Å². The molecule has 2 rings (SSSR count). The summed E-state index contributed by atoms with van der Waals surface area (Å²) in [6, 6.07) is 14.2. The van der Waals surface area contributed by atoms with Crippen LogP contribution in [0.25, 0.3) is 0 Å². The highest BCUT2D eigenvalue weighted by Gasteiger charge is 2.13. The van der Waals surface area contributed by atoms with E-state index in [-0.39, 0.29) is 12.1 Å². The Bertz CT molecular complexity index is 631. The Morgan fingerprint density at radius 2 is 2.00 bits per heavy atom. The maximum absolute atomic E-state index is 12.2. The summed E-state index contributed by atoms with van der Waals surface area (Å²) in [6.07, 6.45) is 2.78. The van der Waals surface area contributed by atoms with Crippen molar-refractivity contribution < 1.29 is 4.79 Å². The van der Waals surface area contributed by atoms with Crippen molar-refractivity contribution in [1.29, 1.82) is 0 Å². The Kier molecular flexibility index (Phi) is 7.12. The molecular formula is C19H25N3OS. The summed E-state index contributed by atoms with van der Waals surface area (Å²) in [4.78, 5) is 19.5. The van der Waals surface area contributed by atoms with Gasteiger partial charge >= 0.3 is 6.03 Å². The number of amides is 2. The van der Waals surface area contributed by atoms with Crippen LogP contribution in [0.5, 0.6) is 0 Å². The van der Waals surface area contributed by atoms with Crippen LogP contribution in [0.1, 0.15) is 30.6 Å². The van der Waals surface area contributed by atoms with Gasteiger partial charge in [0.05, 0.1) is 6.04 Å². The normalized spacial score (nSPS) is 11.8. The second kappa shape index (κ2) is 9.33. The first-order chi connectivity index (χ1) is 11.6. The van der Waals surface area contributed by atoms with Gasteiger partial charge in [-0.15, -0.1) is 11.8 Å². The van der Waals surface area contributed by atoms with E-state index in [4.69, 9.17) is 0 Å². The number of nitrogens with zero attached hydrogens (tertiary/aromatic N) is 2. The smallest absolute Gasteiger partial charge is 0.317 e. The van der Waals surface area contributed by atoms with Crippen LogP contribution in [0.4, 0.5) is 4.79 Å². The first kappa shape index (κ1) is 18.3. The number of aryl methyl sites for hydroxylation is 1. The van der Waals surface area contributed by atoms with Gasteiger partial charge in [-0.2, -0.15) is 0 Å². The molecule has 1 aromatic heterocycles. The van der Waals surface area contributed by atoms with Gasteiger partial charge < -0.3 is 10.2 Å². The maximum atomic E-state index is 12.2. The molecule has 5 heteroatoms. The number of thioether (sulfide) groups is 1. The van der Waals surface area contributed by atoms with Crippen molar-refractivity contribution in [2.24, 2.45) is 0 Å². The van der Waals surface area contributed by atoms with Gasteiger partial charge in [-0.1, -0.05) is 24.3 Å². The molecule has 2 aromatic rings. The van der Waals surface area contributed by atoms with Gasteiger partial charge in [0, 0.05) is 30.4 Å². The molecule has 1 N–H and O–H groups in total. The van der Waals surface area contributed by atoms with Crippen molar-refractivity contribution in [1.82, 2.24) is 15.2 Å². The summed E-state index contributed by atoms with van der Waals surface area (Å²) < 4.78 is 0. The zero-order valence-corrected chi connectivity index (χ0v) is 15.3. The number of urea groups is 1. The van der Waals surface area contributed by atoms with Crippen LogP contribution >= 0.6 is 11.8 Å². The second-order valence-electron chi connectivity index (χ2n) is 5.84. The first-order valence-electron chi connectivity index (χ1n) is 8.18. The predicted octanol–water partition coefficient (Wildman–Crippen LogP) is 4.27. The molecule has 1 atom stereocenters. The highest BCUT2D eigenvalue weighted by molar-refractivity contribution is 7.99. The number of carbonyl (C=O) groups excluding carboxylic acids is 1. The fourth-order valence-electron chi connectivity index (χ4n) is 2.22. The monoisotopic (exact) mass is 343 g/mol. The van der Waals surface area contributed by atoms with Crippen molar-refractivity contribution in [2.75, 3.05) is 19.3 Å². The molecule has 0 unspecified atom stereocenters. The molecule has 1 aromatic carbocycles. The molecule has 0 spiro atoms. The zero-order valence-electron chi connectivity index (χ0n) is 14.5. The SMILES string of the molecule is Cc1ccc([C@@H](C)NC(=O)N(C)CCCSc2ccccc2)cn1. The number of rotatable bonds is 7. The summed E-state index contributed by atoms with van der Waals surface area (Å²) in [5, 5.41) is 3.01. The Morgan fingerprint density at radius 1 is 1.25 bits per heavy atom. The lowest BCUT2D eigenvalue weighted by Gasteiger charge is -2.21. The van der Waals surface area contributed by atoms with Crippen molar-refractivity contribution >= 4 is 17.8 Å². The summed E-state index contributed by atoms with van der Waals surface area (Å²) >= 11 is 1.82. The third-order valence-corrected chi connectivity index (χ3v) is 4.87. The fourth-order valence-corrected chi connectivity index (χ4v) is 3.08. The number of nitrogens with one attached hydrogen (secondary N) is 1. The summed E-state index contributed by atoms with van der Waals surface area (Å²) in [5.41, 5.74) is 1.99. The highest BCUT2D eigenvalue weighted by Crippen LogP contribution is 2.18. The minimum Gasteiger partial charge on any atom is -0.331 e. The van der Waals surface area contributed by atoms with Crippen molar-refractivity contribution in [3.8, 4) is 0 Å². The first-order valence-corrected chi connectivity index (χ1v) is 9.17. The summed E-state index contributed by atoms with van der Waals surface area (Å²) in [7, 11) is 1.84. The van der Waals surface area contributed by atoms with Crippen molar-refractivity contribution in [3.05, 3.63) is 59.9 Å². The number of hydrogen-bond acceptors (Lipinski definition) is 3. The van der Waals surface area contributed by atoms with E-state index in [1.54, 1.807) is 4.90 Å². The molecule has 0 aliphatic rings. The minimum atomic E-state index is -0.0493. The lowest BCUT2D eigenvalue weighted by Crippen LogP contribution is -2.39. The van der Waals surface area contributed by atoms with Gasteiger partial charge in [0.2, 0.25) is 0 Å². The van der Waals surface area contributed by atoms with E-state index >= 15 is 0 Å². The number of pyridine rings is 1. The van der Waals surface area contributed by atoms with E-state index in [1.165, 1.54) is 4.90 Å². The molecule has 4 nitrogen and oxygen atoms in total. The Labute approximate surface area is 148 Å². The van der Waals surface area contributed by atoms with Gasteiger partial charge in [-0.05, 0) is 49.8 Å². The van der Waals surface area contributed by atoms with Crippen LogP contribution in [0.2, 0.25) is 0 Å². The second-order valence-corrected chi connectivity index (χ2v) is 7.01. The zero-order chi connectivity index (χ0) is 17.4. The molecule has 1 heterocycles. The lowest BCUT2D eigenvalue weighted by molar-refractivity contribution is 0.205. The molecule has 0 saturated heterocycles. The van der Waals surface area contributed by atoms with E-state index in [2.05, 4.69) is 22.4 Å². The third-order valence-electron chi connectivity index (χ3n) is 3.77. The molecule has 0 aliphatic heterocycles. The topological polar surface area (TPSA) is 45.2 Å². The van der Waals surface area contributed by atoms with Gasteiger partial charge in [0.25, 0.3) is 0 Å². The van der Waals surface area contributed by atoms with Crippen LogP contribution in [0, 0.1) is 6.92 Å². The molecule has 24 heavy (non-hydrogen) atoms. The average Bonchev–Trinajstić information content (AvgIpc) is 2.60. The number of carbonyl (C=O) groups is 1. The molecule has 0 aliphatic carbocycles. The van der Waals surface area contributed by atoms with Crippen LogP contribution in [0.3, 0.4) is 0 Å². The molecular weight excluding hydrogens is 318 g/mol. The molecule has 0 radical (unpaired) electrons. The summed E-state index contributed by atoms with van der Waals surface area (Å²) in [6.45, 7) is 4.67. The highest BCUT2D eigenvalue weighted by atomic mass is 32.2. The van der Waals surface area contributed by atoms with E-state index < -0.39 is 0 Å². The van der Waals surface area contributed by atoms with Crippen molar-refractivity contribution in [2.45, 2.75) is 31.2 Å². The van der Waals surface area contributed by atoms with E-state index in [1.807, 2.05) is 69.2 Å². The standard InChI is InChI=1S/C19H25N3OS/c1-15-10-11-17(14-20-15)16(2)21-19(23)22(3)12-7-13-24-18-8-5-4-6-9-18/h4-6,8-11,14,16H,7,12-13H2,1-3H3,(H,21,23)/t16-/m1/s1. The van der Waals surface area contributed by atoms with Gasteiger partial charge in [0.1, 0.15) is 0 Å². The van der Waals surface area contributed by atoms with E-state index in [0.717, 1.165) is 30.0 Å². The Balaban J connectivity index is 1.70. The van der Waals surface area contributed by atoms with Crippen LogP contribution in [-0.2, 0) is 0 Å².